The van der Waals surface area contributed by atoms with Gasteiger partial charge in [-0.25, -0.2) is 9.18 Å². The summed E-state index contributed by atoms with van der Waals surface area (Å²) >= 11 is 0. The number of carbonyl (C=O) groups is 1. The lowest BCUT2D eigenvalue weighted by molar-refractivity contribution is 0.151. The van der Waals surface area contributed by atoms with Crippen LogP contribution in [0.4, 0.5) is 9.18 Å². The van der Waals surface area contributed by atoms with Gasteiger partial charge >= 0.3 is 6.03 Å². The number of hydrogen-bond acceptors (Lipinski definition) is 3. The molecule has 1 fully saturated rings. The Kier molecular flexibility index (Phi) is 5.85. The van der Waals surface area contributed by atoms with E-state index < -0.39 is 0 Å². The van der Waals surface area contributed by atoms with E-state index >= 15 is 0 Å². The van der Waals surface area contributed by atoms with Crippen LogP contribution in [0.5, 0.6) is 0 Å². The van der Waals surface area contributed by atoms with Crippen LogP contribution in [0.25, 0.3) is 0 Å². The second-order valence-corrected chi connectivity index (χ2v) is 6.99. The molecular weight excluding hydrogens is 333 g/mol. The maximum atomic E-state index is 13.2. The Labute approximate surface area is 153 Å². The summed E-state index contributed by atoms with van der Waals surface area (Å²) in [5, 5.41) is 11.1. The topological polar surface area (TPSA) is 63.1 Å². The third kappa shape index (κ3) is 4.20. The number of benzene rings is 1. The quantitative estimate of drug-likeness (QED) is 0.889. The fourth-order valence-corrected chi connectivity index (χ4v) is 3.47. The van der Waals surface area contributed by atoms with Gasteiger partial charge in [0.2, 0.25) is 0 Å². The molecule has 0 saturated carbocycles. The number of nitrogens with zero attached hydrogens (tertiary/aromatic N) is 4. The van der Waals surface area contributed by atoms with E-state index in [9.17, 15) is 9.18 Å². The molecule has 3 rings (SSSR count). The summed E-state index contributed by atoms with van der Waals surface area (Å²) in [6, 6.07) is 6.68. The monoisotopic (exact) mass is 359 g/mol. The molecule has 1 saturated heterocycles. The number of hydrogen-bond donors (Lipinski definition) is 1. The molecule has 0 radical (unpaired) electrons. The number of halogens is 1. The highest BCUT2D eigenvalue weighted by Crippen LogP contribution is 2.30. The van der Waals surface area contributed by atoms with Crippen LogP contribution in [0, 0.1) is 5.82 Å². The highest BCUT2D eigenvalue weighted by molar-refractivity contribution is 5.74. The van der Waals surface area contributed by atoms with E-state index in [1.807, 2.05) is 9.47 Å². The molecule has 7 heteroatoms. The van der Waals surface area contributed by atoms with Crippen LogP contribution in [0.2, 0.25) is 0 Å². The molecule has 0 aliphatic carbocycles. The number of aromatic nitrogens is 3. The largest absolute Gasteiger partial charge is 0.338 e. The van der Waals surface area contributed by atoms with Crippen LogP contribution in [-0.4, -0.2) is 38.8 Å². The van der Waals surface area contributed by atoms with Crippen molar-refractivity contribution >= 4 is 6.03 Å². The molecule has 2 amide bonds. The highest BCUT2D eigenvalue weighted by atomic mass is 19.1. The maximum Gasteiger partial charge on any atom is 0.317 e. The van der Waals surface area contributed by atoms with Crippen molar-refractivity contribution in [2.24, 2.45) is 0 Å². The van der Waals surface area contributed by atoms with Crippen molar-refractivity contribution in [2.45, 2.75) is 51.6 Å². The molecule has 1 aromatic carbocycles. The molecule has 26 heavy (non-hydrogen) atoms. The van der Waals surface area contributed by atoms with E-state index in [1.54, 1.807) is 18.5 Å². The third-order valence-electron chi connectivity index (χ3n) is 4.85. The summed E-state index contributed by atoms with van der Waals surface area (Å²) in [7, 11) is 0. The maximum absolute atomic E-state index is 13.2. The fourth-order valence-electron chi connectivity index (χ4n) is 3.47. The van der Waals surface area contributed by atoms with E-state index in [1.165, 1.54) is 12.1 Å². The molecule has 2 aromatic rings. The van der Waals surface area contributed by atoms with Gasteiger partial charge in [0.05, 0.1) is 6.04 Å². The van der Waals surface area contributed by atoms with Gasteiger partial charge < -0.3 is 14.8 Å². The number of urea groups is 1. The second kappa shape index (κ2) is 8.29. The minimum absolute atomic E-state index is 0.00340. The van der Waals surface area contributed by atoms with Crippen LogP contribution >= 0.6 is 0 Å². The zero-order chi connectivity index (χ0) is 18.5. The molecular formula is C19H26FN5O. The highest BCUT2D eigenvalue weighted by Gasteiger charge is 2.27. The molecule has 1 aliphatic heterocycles. The predicted octanol–water partition coefficient (Wildman–Crippen LogP) is 3.48. The van der Waals surface area contributed by atoms with Crippen LogP contribution in [0.15, 0.2) is 30.6 Å². The molecule has 1 aromatic heterocycles. The Bertz CT molecular complexity index is 728. The Balaban J connectivity index is 1.60. The van der Waals surface area contributed by atoms with Gasteiger partial charge in [-0.3, -0.25) is 0 Å². The molecule has 1 aliphatic rings. The van der Waals surface area contributed by atoms with Gasteiger partial charge in [0.15, 0.2) is 0 Å². The fraction of sp³-hybridized carbons (Fsp3) is 0.526. The number of piperidine rings is 1. The standard InChI is InChI=1S/C19H26FN5O/c1-14(2)25-13-22-23-18(25)10-11-21-19(26)24-12-4-3-5-17(24)15-6-8-16(20)9-7-15/h6-9,13-14,17H,3-5,10-12H2,1-2H3,(H,21,26). The SMILES string of the molecule is CC(C)n1cnnc1CCNC(=O)N1CCCCC1c1ccc(F)cc1. The average molecular weight is 359 g/mol. The second-order valence-electron chi connectivity index (χ2n) is 6.99. The zero-order valence-corrected chi connectivity index (χ0v) is 15.4. The number of carbonyl (C=O) groups excluding carboxylic acids is 1. The first-order chi connectivity index (χ1) is 12.6. The van der Waals surface area contributed by atoms with Gasteiger partial charge in [0.1, 0.15) is 18.0 Å². The summed E-state index contributed by atoms with van der Waals surface area (Å²) in [6.07, 6.45) is 5.33. The number of rotatable bonds is 5. The van der Waals surface area contributed by atoms with E-state index in [4.69, 9.17) is 0 Å². The summed E-state index contributed by atoms with van der Waals surface area (Å²) in [5.74, 6) is 0.615. The summed E-state index contributed by atoms with van der Waals surface area (Å²) in [6.45, 7) is 5.38. The molecule has 2 heterocycles. The first-order valence-corrected chi connectivity index (χ1v) is 9.24. The first-order valence-electron chi connectivity index (χ1n) is 9.24. The molecule has 140 valence electrons. The lowest BCUT2D eigenvalue weighted by Gasteiger charge is -2.36. The van der Waals surface area contributed by atoms with Gasteiger partial charge in [-0.2, -0.15) is 0 Å². The average Bonchev–Trinajstić information content (AvgIpc) is 3.11. The van der Waals surface area contributed by atoms with Crippen LogP contribution in [0.1, 0.15) is 56.6 Å². The van der Waals surface area contributed by atoms with Crippen molar-refractivity contribution in [1.29, 1.82) is 0 Å². The minimum Gasteiger partial charge on any atom is -0.338 e. The smallest absolute Gasteiger partial charge is 0.317 e. The molecule has 1 N–H and O–H groups in total. The van der Waals surface area contributed by atoms with Crippen LogP contribution in [0.3, 0.4) is 0 Å². The van der Waals surface area contributed by atoms with Gasteiger partial charge in [0.25, 0.3) is 0 Å². The molecule has 1 unspecified atom stereocenters. The predicted molar refractivity (Wildman–Crippen MR) is 97.2 cm³/mol. The van der Waals surface area contributed by atoms with Gasteiger partial charge in [0, 0.05) is 25.6 Å². The normalized spacial score (nSPS) is 17.5. The number of nitrogens with one attached hydrogen (secondary N) is 1. The molecule has 0 bridgehead atoms. The zero-order valence-electron chi connectivity index (χ0n) is 15.4. The third-order valence-corrected chi connectivity index (χ3v) is 4.85. The molecule has 1 atom stereocenters. The van der Waals surface area contributed by atoms with Crippen LogP contribution in [-0.2, 0) is 6.42 Å². The first kappa shape index (κ1) is 18.4. The van der Waals surface area contributed by atoms with Crippen molar-refractivity contribution in [3.63, 3.8) is 0 Å². The molecule has 6 nitrogen and oxygen atoms in total. The van der Waals surface area contributed by atoms with Crippen molar-refractivity contribution in [1.82, 2.24) is 25.0 Å². The van der Waals surface area contributed by atoms with E-state index in [-0.39, 0.29) is 17.9 Å². The van der Waals surface area contributed by atoms with Crippen molar-refractivity contribution in [3.05, 3.63) is 47.8 Å². The Hall–Kier alpha value is -2.44. The minimum atomic E-state index is -0.255. The number of likely N-dealkylation sites (tertiary alicyclic amines) is 1. The lowest BCUT2D eigenvalue weighted by Crippen LogP contribution is -2.45. The van der Waals surface area contributed by atoms with E-state index in [0.29, 0.717) is 19.0 Å². The number of amides is 2. The van der Waals surface area contributed by atoms with Crippen molar-refractivity contribution < 1.29 is 9.18 Å². The summed E-state index contributed by atoms with van der Waals surface area (Å²) in [4.78, 5) is 14.6. The Morgan fingerprint density at radius 3 is 2.81 bits per heavy atom. The lowest BCUT2D eigenvalue weighted by atomic mass is 9.95. The van der Waals surface area contributed by atoms with Gasteiger partial charge in [-0.15, -0.1) is 10.2 Å². The summed E-state index contributed by atoms with van der Waals surface area (Å²) in [5.41, 5.74) is 0.987. The summed E-state index contributed by atoms with van der Waals surface area (Å²) < 4.78 is 15.2. The van der Waals surface area contributed by atoms with Gasteiger partial charge in [-0.05, 0) is 50.8 Å². The van der Waals surface area contributed by atoms with E-state index in [0.717, 1.165) is 37.2 Å². The Morgan fingerprint density at radius 2 is 2.08 bits per heavy atom. The van der Waals surface area contributed by atoms with Crippen molar-refractivity contribution in [2.75, 3.05) is 13.1 Å². The van der Waals surface area contributed by atoms with E-state index in [2.05, 4.69) is 29.4 Å². The van der Waals surface area contributed by atoms with Crippen LogP contribution < -0.4 is 5.32 Å². The van der Waals surface area contributed by atoms with Crippen molar-refractivity contribution in [3.8, 4) is 0 Å². The van der Waals surface area contributed by atoms with Gasteiger partial charge in [-0.1, -0.05) is 12.1 Å². The Morgan fingerprint density at radius 1 is 1.31 bits per heavy atom. The molecule has 0 spiro atoms.